The minimum Gasteiger partial charge on any atom is -0.489 e. The van der Waals surface area contributed by atoms with Crippen LogP contribution >= 0.6 is 11.8 Å². The highest BCUT2D eigenvalue weighted by molar-refractivity contribution is 7.99. The van der Waals surface area contributed by atoms with Crippen LogP contribution < -0.4 is 10.1 Å². The molecule has 0 aliphatic carbocycles. The number of hydrogen-bond donors (Lipinski definition) is 1. The monoisotopic (exact) mass is 465 g/mol. The van der Waals surface area contributed by atoms with Crippen molar-refractivity contribution in [1.29, 1.82) is 5.26 Å². The minimum atomic E-state index is -0.190. The Balaban J connectivity index is 1.41. The van der Waals surface area contributed by atoms with Crippen molar-refractivity contribution in [3.8, 4) is 11.8 Å². The molecule has 0 fully saturated rings. The van der Waals surface area contributed by atoms with Gasteiger partial charge in [0.05, 0.1) is 17.2 Å². The van der Waals surface area contributed by atoms with Crippen LogP contribution in [0.25, 0.3) is 0 Å². The Labute approximate surface area is 203 Å². The molecule has 6 heteroatoms. The molecule has 0 spiro atoms. The van der Waals surface area contributed by atoms with Gasteiger partial charge in [0.1, 0.15) is 18.4 Å². The molecule has 0 saturated carbocycles. The van der Waals surface area contributed by atoms with Crippen LogP contribution in [-0.2, 0) is 6.61 Å². The Bertz CT molecular complexity index is 1300. The van der Waals surface area contributed by atoms with Crippen molar-refractivity contribution in [2.75, 3.05) is 0 Å². The van der Waals surface area contributed by atoms with Crippen LogP contribution in [0.15, 0.2) is 107 Å². The standard InChI is InChI=1S/C28H23N3O2S/c1-20(22-12-14-24(15-13-22)33-19-21-7-6-16-30-18-21)31-28(32)25-9-3-5-11-27(25)34-26-10-4-2-8-23(26)17-29/h2-16,18,20H,19H2,1H3,(H,31,32)/t20-/m1/s1. The Morgan fingerprint density at radius 2 is 1.74 bits per heavy atom. The summed E-state index contributed by atoms with van der Waals surface area (Å²) < 4.78 is 5.82. The zero-order valence-electron chi connectivity index (χ0n) is 18.6. The number of ether oxygens (including phenoxy) is 1. The maximum Gasteiger partial charge on any atom is 0.252 e. The lowest BCUT2D eigenvalue weighted by Gasteiger charge is -2.17. The number of amides is 1. The van der Waals surface area contributed by atoms with Crippen molar-refractivity contribution in [1.82, 2.24) is 10.3 Å². The molecule has 1 atom stereocenters. The summed E-state index contributed by atoms with van der Waals surface area (Å²) in [4.78, 5) is 18.8. The molecule has 34 heavy (non-hydrogen) atoms. The molecule has 0 bridgehead atoms. The third kappa shape index (κ3) is 5.83. The van der Waals surface area contributed by atoms with Crippen LogP contribution in [0.3, 0.4) is 0 Å². The van der Waals surface area contributed by atoms with Gasteiger partial charge in [0.15, 0.2) is 0 Å². The van der Waals surface area contributed by atoms with Gasteiger partial charge in [-0.1, -0.05) is 54.2 Å². The predicted octanol–water partition coefficient (Wildman–Crippen LogP) is 6.17. The molecule has 1 aromatic heterocycles. The third-order valence-electron chi connectivity index (χ3n) is 5.22. The van der Waals surface area contributed by atoms with Gasteiger partial charge in [-0.15, -0.1) is 0 Å². The number of nitrogens with zero attached hydrogens (tertiary/aromatic N) is 2. The predicted molar refractivity (Wildman–Crippen MR) is 133 cm³/mol. The average molecular weight is 466 g/mol. The van der Waals surface area contributed by atoms with Gasteiger partial charge in [0, 0.05) is 27.7 Å². The fourth-order valence-electron chi connectivity index (χ4n) is 3.37. The normalized spacial score (nSPS) is 11.3. The topological polar surface area (TPSA) is 75.0 Å². The fraction of sp³-hybridized carbons (Fsp3) is 0.107. The summed E-state index contributed by atoms with van der Waals surface area (Å²) in [6.07, 6.45) is 3.51. The number of carbonyl (C=O) groups excluding carboxylic acids is 1. The molecule has 4 rings (SSSR count). The highest BCUT2D eigenvalue weighted by Crippen LogP contribution is 2.33. The van der Waals surface area contributed by atoms with Gasteiger partial charge < -0.3 is 10.1 Å². The average Bonchev–Trinajstić information content (AvgIpc) is 2.89. The van der Waals surface area contributed by atoms with Crippen LogP contribution in [0.1, 0.15) is 40.0 Å². The molecule has 0 saturated heterocycles. The van der Waals surface area contributed by atoms with Gasteiger partial charge in [-0.25, -0.2) is 0 Å². The van der Waals surface area contributed by atoms with E-state index in [2.05, 4.69) is 16.4 Å². The highest BCUT2D eigenvalue weighted by Gasteiger charge is 2.16. The fourth-order valence-corrected chi connectivity index (χ4v) is 4.39. The maximum atomic E-state index is 13.1. The van der Waals surface area contributed by atoms with E-state index in [1.807, 2.05) is 79.7 Å². The largest absolute Gasteiger partial charge is 0.489 e. The summed E-state index contributed by atoms with van der Waals surface area (Å²) in [6.45, 7) is 2.40. The zero-order chi connectivity index (χ0) is 23.8. The minimum absolute atomic E-state index is 0.165. The van der Waals surface area contributed by atoms with Gasteiger partial charge >= 0.3 is 0 Å². The van der Waals surface area contributed by atoms with Gasteiger partial charge in [0.2, 0.25) is 0 Å². The SMILES string of the molecule is C[C@@H](NC(=O)c1ccccc1Sc1ccccc1C#N)c1ccc(OCc2cccnc2)cc1. The number of nitrogens with one attached hydrogen (secondary N) is 1. The molecular formula is C28H23N3O2S. The molecule has 0 radical (unpaired) electrons. The van der Waals surface area contributed by atoms with Crippen molar-refractivity contribution in [2.45, 2.75) is 29.4 Å². The Morgan fingerprint density at radius 3 is 2.47 bits per heavy atom. The Hall–Kier alpha value is -4.08. The molecule has 5 nitrogen and oxygen atoms in total. The second kappa shape index (κ2) is 11.2. The van der Waals surface area contributed by atoms with Gasteiger partial charge in [-0.2, -0.15) is 5.26 Å². The first-order valence-corrected chi connectivity index (χ1v) is 11.6. The van der Waals surface area contributed by atoms with Crippen LogP contribution in [0.4, 0.5) is 0 Å². The van der Waals surface area contributed by atoms with E-state index in [0.29, 0.717) is 17.7 Å². The van der Waals surface area contributed by atoms with Crippen molar-refractivity contribution < 1.29 is 9.53 Å². The lowest BCUT2D eigenvalue weighted by atomic mass is 10.1. The first kappa shape index (κ1) is 23.1. The first-order valence-electron chi connectivity index (χ1n) is 10.8. The summed E-state index contributed by atoms with van der Waals surface area (Å²) in [5, 5.41) is 12.5. The molecule has 1 heterocycles. The molecule has 0 aliphatic rings. The number of nitriles is 1. The van der Waals surface area contributed by atoms with Crippen LogP contribution in [-0.4, -0.2) is 10.9 Å². The van der Waals surface area contributed by atoms with Crippen LogP contribution in [0.2, 0.25) is 0 Å². The van der Waals surface area contributed by atoms with E-state index < -0.39 is 0 Å². The highest BCUT2D eigenvalue weighted by atomic mass is 32.2. The van der Waals surface area contributed by atoms with Crippen LogP contribution in [0.5, 0.6) is 5.75 Å². The van der Waals surface area contributed by atoms with Crippen molar-refractivity contribution in [2.24, 2.45) is 0 Å². The number of pyridine rings is 1. The number of benzene rings is 3. The summed E-state index contributed by atoms with van der Waals surface area (Å²) in [5.74, 6) is 0.589. The summed E-state index contributed by atoms with van der Waals surface area (Å²) in [5.41, 5.74) is 3.13. The number of hydrogen-bond acceptors (Lipinski definition) is 5. The van der Waals surface area contributed by atoms with E-state index in [1.165, 1.54) is 11.8 Å². The van der Waals surface area contributed by atoms with Gasteiger partial charge in [-0.05, 0) is 55.0 Å². The van der Waals surface area contributed by atoms with E-state index in [4.69, 9.17) is 4.74 Å². The third-order valence-corrected chi connectivity index (χ3v) is 6.37. The first-order chi connectivity index (χ1) is 16.6. The molecule has 4 aromatic rings. The molecule has 1 amide bonds. The zero-order valence-corrected chi connectivity index (χ0v) is 19.5. The molecule has 0 unspecified atom stereocenters. The summed E-state index contributed by atoms with van der Waals surface area (Å²) in [6, 6.07) is 28.4. The quantitative estimate of drug-likeness (QED) is 0.337. The van der Waals surface area contributed by atoms with Crippen molar-refractivity contribution >= 4 is 17.7 Å². The number of aromatic nitrogens is 1. The van der Waals surface area contributed by atoms with Crippen molar-refractivity contribution in [3.63, 3.8) is 0 Å². The number of carbonyl (C=O) groups is 1. The molecule has 1 N–H and O–H groups in total. The van der Waals surface area contributed by atoms with Crippen molar-refractivity contribution in [3.05, 3.63) is 120 Å². The second-order valence-electron chi connectivity index (χ2n) is 7.62. The van der Waals surface area contributed by atoms with E-state index in [9.17, 15) is 10.1 Å². The van der Waals surface area contributed by atoms with E-state index in [0.717, 1.165) is 26.7 Å². The van der Waals surface area contributed by atoms with Crippen LogP contribution in [0, 0.1) is 11.3 Å². The summed E-state index contributed by atoms with van der Waals surface area (Å²) in [7, 11) is 0. The lowest BCUT2D eigenvalue weighted by Crippen LogP contribution is -2.27. The van der Waals surface area contributed by atoms with E-state index in [1.54, 1.807) is 24.5 Å². The van der Waals surface area contributed by atoms with Gasteiger partial charge in [-0.3, -0.25) is 9.78 Å². The molecular weight excluding hydrogens is 442 g/mol. The maximum absolute atomic E-state index is 13.1. The molecule has 0 aliphatic heterocycles. The smallest absolute Gasteiger partial charge is 0.252 e. The molecule has 168 valence electrons. The van der Waals surface area contributed by atoms with E-state index in [-0.39, 0.29) is 11.9 Å². The summed E-state index contributed by atoms with van der Waals surface area (Å²) >= 11 is 1.42. The number of rotatable bonds is 8. The Morgan fingerprint density at radius 1 is 1.00 bits per heavy atom. The van der Waals surface area contributed by atoms with E-state index >= 15 is 0 Å². The second-order valence-corrected chi connectivity index (χ2v) is 8.70. The molecule has 3 aromatic carbocycles. The van der Waals surface area contributed by atoms with Gasteiger partial charge in [0.25, 0.3) is 5.91 Å². The lowest BCUT2D eigenvalue weighted by molar-refractivity contribution is 0.0937. The Kier molecular flexibility index (Phi) is 7.59.